The molecule has 178 valence electrons. The van der Waals surface area contributed by atoms with Crippen LogP contribution in [0.5, 0.6) is 0 Å². The molecule has 1 N–H and O–H groups in total. The van der Waals surface area contributed by atoms with E-state index in [-0.39, 0.29) is 12.2 Å². The van der Waals surface area contributed by atoms with Crippen molar-refractivity contribution in [3.8, 4) is 0 Å². The highest BCUT2D eigenvalue weighted by Crippen LogP contribution is 2.36. The number of nitrogens with zero attached hydrogens (tertiary/aromatic N) is 2. The van der Waals surface area contributed by atoms with E-state index in [4.69, 9.17) is 9.73 Å². The summed E-state index contributed by atoms with van der Waals surface area (Å²) in [7, 11) is 0. The van der Waals surface area contributed by atoms with Gasteiger partial charge in [0.2, 0.25) is 0 Å². The first kappa shape index (κ1) is 22.5. The summed E-state index contributed by atoms with van der Waals surface area (Å²) in [5.41, 5.74) is 3.46. The van der Waals surface area contributed by atoms with Crippen LogP contribution < -0.4 is 14.9 Å². The predicted molar refractivity (Wildman–Crippen MR) is 144 cm³/mol. The smallest absolute Gasteiger partial charge is 0.338 e. The molecule has 5 aromatic rings. The summed E-state index contributed by atoms with van der Waals surface area (Å²) in [6, 6.07) is 20.8. The Hall–Kier alpha value is -4.01. The molecule has 3 aromatic heterocycles. The number of hydrogen-bond donors (Lipinski definition) is 1. The van der Waals surface area contributed by atoms with Gasteiger partial charge in [0.15, 0.2) is 4.80 Å². The molecule has 0 amide bonds. The third kappa shape index (κ3) is 3.75. The van der Waals surface area contributed by atoms with Gasteiger partial charge in [0.05, 0.1) is 22.4 Å². The molecule has 0 fully saturated rings. The Bertz CT molecular complexity index is 1790. The molecular weight excluding hydrogens is 490 g/mol. The van der Waals surface area contributed by atoms with Crippen LogP contribution in [0.2, 0.25) is 0 Å². The lowest BCUT2D eigenvalue weighted by Crippen LogP contribution is -2.39. The first-order chi connectivity index (χ1) is 17.7. The molecule has 6 rings (SSSR count). The highest BCUT2D eigenvalue weighted by molar-refractivity contribution is 7.10. The number of thiazole rings is 1. The summed E-state index contributed by atoms with van der Waals surface area (Å²) in [5, 5.41) is 2.98. The molecule has 0 saturated carbocycles. The minimum absolute atomic E-state index is 0.184. The number of aromatic nitrogens is 2. The Morgan fingerprint density at radius 2 is 1.92 bits per heavy atom. The van der Waals surface area contributed by atoms with Gasteiger partial charge in [-0.05, 0) is 30.5 Å². The molecule has 8 heteroatoms. The number of carbonyl (C=O) groups is 1. The van der Waals surface area contributed by atoms with E-state index in [9.17, 15) is 9.59 Å². The Balaban J connectivity index is 1.64. The number of nitrogens with one attached hydrogen (secondary N) is 1. The summed E-state index contributed by atoms with van der Waals surface area (Å²) in [4.78, 5) is 36.8. The van der Waals surface area contributed by atoms with E-state index in [1.54, 1.807) is 11.5 Å². The molecule has 0 spiro atoms. The Labute approximate surface area is 214 Å². The topological polar surface area (TPSA) is 76.4 Å². The van der Waals surface area contributed by atoms with Crippen LogP contribution in [0.15, 0.2) is 93.7 Å². The van der Waals surface area contributed by atoms with Gasteiger partial charge in [-0.25, -0.2) is 9.79 Å². The number of para-hydroxylation sites is 1. The van der Waals surface area contributed by atoms with Gasteiger partial charge in [-0.3, -0.25) is 9.36 Å². The fraction of sp³-hybridized carbons (Fsp3) is 0.107. The summed E-state index contributed by atoms with van der Waals surface area (Å²) in [6.45, 7) is 2.00. The van der Waals surface area contributed by atoms with Crippen LogP contribution in [0, 0.1) is 0 Å². The molecule has 1 aliphatic heterocycles. The van der Waals surface area contributed by atoms with Crippen molar-refractivity contribution in [1.29, 1.82) is 0 Å². The molecule has 1 aliphatic rings. The quantitative estimate of drug-likeness (QED) is 0.354. The van der Waals surface area contributed by atoms with Crippen LogP contribution >= 0.6 is 22.7 Å². The number of thiophene rings is 1. The van der Waals surface area contributed by atoms with E-state index in [1.807, 2.05) is 84.4 Å². The minimum atomic E-state index is -0.624. The van der Waals surface area contributed by atoms with E-state index in [2.05, 4.69) is 4.98 Å². The van der Waals surface area contributed by atoms with Crippen LogP contribution in [-0.2, 0) is 9.53 Å². The number of aromatic amines is 1. The molecule has 0 saturated heterocycles. The average Bonchev–Trinajstić information content (AvgIpc) is 3.64. The van der Waals surface area contributed by atoms with Gasteiger partial charge in [0.25, 0.3) is 5.56 Å². The number of rotatable bonds is 5. The zero-order chi connectivity index (χ0) is 24.6. The summed E-state index contributed by atoms with van der Waals surface area (Å²) < 4.78 is 7.67. The number of benzene rings is 2. The molecule has 36 heavy (non-hydrogen) atoms. The van der Waals surface area contributed by atoms with E-state index in [1.165, 1.54) is 22.7 Å². The summed E-state index contributed by atoms with van der Waals surface area (Å²) in [6.07, 6.45) is 3.80. The maximum Gasteiger partial charge on any atom is 0.338 e. The van der Waals surface area contributed by atoms with Crippen LogP contribution in [0.4, 0.5) is 0 Å². The number of esters is 1. The molecule has 6 nitrogen and oxygen atoms in total. The highest BCUT2D eigenvalue weighted by Gasteiger charge is 2.35. The van der Waals surface area contributed by atoms with Crippen molar-refractivity contribution in [3.63, 3.8) is 0 Å². The van der Waals surface area contributed by atoms with E-state index < -0.39 is 12.0 Å². The van der Waals surface area contributed by atoms with Crippen molar-refractivity contribution >= 4 is 51.3 Å². The number of carbonyl (C=O) groups excluding carboxylic acids is 1. The molecule has 2 aromatic carbocycles. The van der Waals surface area contributed by atoms with Gasteiger partial charge in [-0.15, -0.1) is 11.3 Å². The monoisotopic (exact) mass is 511 g/mol. The molecule has 0 bridgehead atoms. The Morgan fingerprint density at radius 1 is 1.11 bits per heavy atom. The number of ether oxygens (including phenoxy) is 1. The van der Waals surface area contributed by atoms with Gasteiger partial charge in [-0.1, -0.05) is 65.9 Å². The first-order valence-electron chi connectivity index (χ1n) is 11.5. The van der Waals surface area contributed by atoms with Crippen molar-refractivity contribution in [2.24, 2.45) is 4.99 Å². The Kier molecular flexibility index (Phi) is 5.75. The third-order valence-electron chi connectivity index (χ3n) is 6.09. The zero-order valence-electron chi connectivity index (χ0n) is 19.3. The normalized spacial score (nSPS) is 15.7. The predicted octanol–water partition coefficient (Wildman–Crippen LogP) is 4.48. The van der Waals surface area contributed by atoms with Gasteiger partial charge in [0.1, 0.15) is 6.04 Å². The van der Waals surface area contributed by atoms with Gasteiger partial charge in [-0.2, -0.15) is 0 Å². The van der Waals surface area contributed by atoms with Crippen molar-refractivity contribution < 1.29 is 9.53 Å². The lowest BCUT2D eigenvalue weighted by Gasteiger charge is -2.24. The van der Waals surface area contributed by atoms with Crippen molar-refractivity contribution in [2.45, 2.75) is 13.0 Å². The standard InChI is InChI=1S/C28H21N3O3S2/c1-2-34-27(33)23-24(17-9-4-3-5-10-17)30-28-31(25(23)21-13-8-14-35-21)26(32)22(36-28)15-18-16-29-20-12-7-6-11-19(18)20/h3-16,25,29H,2H2,1H3/t25-/m1/s1. The molecule has 0 aliphatic carbocycles. The van der Waals surface area contributed by atoms with Crippen LogP contribution in [-0.4, -0.2) is 22.1 Å². The lowest BCUT2D eigenvalue weighted by molar-refractivity contribution is -0.138. The second-order valence-corrected chi connectivity index (χ2v) is 10.2. The van der Waals surface area contributed by atoms with E-state index in [0.717, 1.165) is 26.9 Å². The second kappa shape index (κ2) is 9.22. The van der Waals surface area contributed by atoms with Gasteiger partial charge >= 0.3 is 5.97 Å². The average molecular weight is 512 g/mol. The van der Waals surface area contributed by atoms with Gasteiger partial charge < -0.3 is 9.72 Å². The molecule has 4 heterocycles. The zero-order valence-corrected chi connectivity index (χ0v) is 20.9. The fourth-order valence-corrected chi connectivity index (χ4v) is 6.33. The minimum Gasteiger partial charge on any atom is -0.463 e. The summed E-state index contributed by atoms with van der Waals surface area (Å²) in [5.74, 6) is -0.468. The van der Waals surface area contributed by atoms with Crippen molar-refractivity contribution in [1.82, 2.24) is 9.55 Å². The van der Waals surface area contributed by atoms with E-state index >= 15 is 0 Å². The fourth-order valence-electron chi connectivity index (χ4n) is 4.51. The maximum absolute atomic E-state index is 13.9. The first-order valence-corrected chi connectivity index (χ1v) is 13.2. The SMILES string of the molecule is CCOC(=O)C1=C(c2ccccc2)N=c2sc(=Cc3c[nH]c4ccccc34)c(=O)n2[C@@H]1c1cccs1. The highest BCUT2D eigenvalue weighted by atomic mass is 32.1. The third-order valence-corrected chi connectivity index (χ3v) is 8.00. The maximum atomic E-state index is 13.9. The number of hydrogen-bond acceptors (Lipinski definition) is 6. The molecule has 0 unspecified atom stereocenters. The van der Waals surface area contributed by atoms with Crippen molar-refractivity contribution in [2.75, 3.05) is 6.61 Å². The number of fused-ring (bicyclic) bond motifs is 2. The van der Waals surface area contributed by atoms with Crippen LogP contribution in [0.1, 0.15) is 29.0 Å². The van der Waals surface area contributed by atoms with Gasteiger partial charge in [0, 0.05) is 33.1 Å². The summed E-state index contributed by atoms with van der Waals surface area (Å²) >= 11 is 2.83. The lowest BCUT2D eigenvalue weighted by atomic mass is 9.97. The molecule has 0 radical (unpaired) electrons. The van der Waals surface area contributed by atoms with Crippen molar-refractivity contribution in [3.05, 3.63) is 120 Å². The number of H-pyrrole nitrogens is 1. The van der Waals surface area contributed by atoms with E-state index in [0.29, 0.717) is 20.6 Å². The van der Waals surface area contributed by atoms with Crippen LogP contribution in [0.3, 0.4) is 0 Å². The molecular formula is C28H21N3O3S2. The van der Waals surface area contributed by atoms with Crippen LogP contribution in [0.25, 0.3) is 22.7 Å². The second-order valence-electron chi connectivity index (χ2n) is 8.24. The largest absolute Gasteiger partial charge is 0.463 e. The molecule has 1 atom stereocenters. The Morgan fingerprint density at radius 3 is 2.69 bits per heavy atom.